The van der Waals surface area contributed by atoms with Crippen molar-refractivity contribution in [1.29, 1.82) is 0 Å². The summed E-state index contributed by atoms with van der Waals surface area (Å²) >= 11 is 11.8. The highest BCUT2D eigenvalue weighted by Gasteiger charge is 2.12. The number of carbonyl (C=O) groups is 1. The number of halogens is 2. The largest absolute Gasteiger partial charge is 0.495 e. The number of anilines is 1. The Hall–Kier alpha value is -1.78. The van der Waals surface area contributed by atoms with E-state index in [1.807, 2.05) is 6.92 Å². The molecule has 104 valence electrons. The third-order valence-corrected chi connectivity index (χ3v) is 3.33. The number of rotatable bonds is 3. The topological polar surface area (TPSA) is 51.2 Å². The van der Waals surface area contributed by atoms with Crippen molar-refractivity contribution in [2.45, 2.75) is 6.92 Å². The first kappa shape index (κ1) is 14.6. The molecule has 2 aromatic rings. The monoisotopic (exact) mass is 310 g/mol. The number of nitrogens with one attached hydrogen (secondary N) is 1. The normalized spacial score (nSPS) is 10.2. The summed E-state index contributed by atoms with van der Waals surface area (Å²) in [5, 5.41) is 3.60. The fourth-order valence-corrected chi connectivity index (χ4v) is 2.00. The summed E-state index contributed by atoms with van der Waals surface area (Å²) in [5.74, 6) is 0.198. The van der Waals surface area contributed by atoms with Crippen LogP contribution in [0, 0.1) is 6.92 Å². The Labute approximate surface area is 126 Å². The van der Waals surface area contributed by atoms with Crippen LogP contribution in [0.4, 0.5) is 5.69 Å². The lowest BCUT2D eigenvalue weighted by molar-refractivity contribution is 0.102. The fourth-order valence-electron chi connectivity index (χ4n) is 1.67. The van der Waals surface area contributed by atoms with E-state index < -0.39 is 0 Å². The predicted octanol–water partition coefficient (Wildman–Crippen LogP) is 3.96. The van der Waals surface area contributed by atoms with E-state index >= 15 is 0 Å². The molecule has 2 rings (SSSR count). The first-order valence-electron chi connectivity index (χ1n) is 5.78. The molecule has 1 aromatic heterocycles. The van der Waals surface area contributed by atoms with Gasteiger partial charge in [-0.1, -0.05) is 23.2 Å². The highest BCUT2D eigenvalue weighted by molar-refractivity contribution is 6.31. The third kappa shape index (κ3) is 3.21. The number of benzene rings is 1. The zero-order chi connectivity index (χ0) is 14.7. The maximum atomic E-state index is 12.1. The number of aryl methyl sites for hydroxylation is 1. The molecule has 0 aliphatic heterocycles. The lowest BCUT2D eigenvalue weighted by Gasteiger charge is -2.12. The van der Waals surface area contributed by atoms with E-state index in [1.165, 1.54) is 19.4 Å². The Morgan fingerprint density at radius 1 is 1.30 bits per heavy atom. The van der Waals surface area contributed by atoms with Gasteiger partial charge in [-0.15, -0.1) is 0 Å². The molecule has 0 fully saturated rings. The van der Waals surface area contributed by atoms with Crippen molar-refractivity contribution in [2.75, 3.05) is 12.4 Å². The molecule has 0 saturated carbocycles. The molecule has 1 heterocycles. The number of hydrogen-bond donors (Lipinski definition) is 1. The van der Waals surface area contributed by atoms with Gasteiger partial charge >= 0.3 is 0 Å². The molecule has 0 aliphatic rings. The van der Waals surface area contributed by atoms with Crippen LogP contribution in [0.5, 0.6) is 5.75 Å². The van der Waals surface area contributed by atoms with Gasteiger partial charge in [-0.3, -0.25) is 4.79 Å². The number of ether oxygens (including phenoxy) is 1. The second-order valence-corrected chi connectivity index (χ2v) is 4.92. The molecule has 6 heteroatoms. The maximum Gasteiger partial charge on any atom is 0.255 e. The van der Waals surface area contributed by atoms with Crippen LogP contribution >= 0.6 is 23.2 Å². The van der Waals surface area contributed by atoms with Gasteiger partial charge in [0.05, 0.1) is 12.8 Å². The van der Waals surface area contributed by atoms with Gasteiger partial charge in [0.15, 0.2) is 0 Å². The molecular weight excluding hydrogens is 299 g/mol. The lowest BCUT2D eigenvalue weighted by Crippen LogP contribution is -2.13. The van der Waals surface area contributed by atoms with Crippen molar-refractivity contribution < 1.29 is 9.53 Å². The van der Waals surface area contributed by atoms with Gasteiger partial charge in [0.1, 0.15) is 10.9 Å². The number of hydrogen-bond acceptors (Lipinski definition) is 3. The molecule has 20 heavy (non-hydrogen) atoms. The van der Waals surface area contributed by atoms with Crippen LogP contribution in [0.2, 0.25) is 10.2 Å². The summed E-state index contributed by atoms with van der Waals surface area (Å²) in [6.07, 6.45) is 1.47. The van der Waals surface area contributed by atoms with Gasteiger partial charge in [-0.2, -0.15) is 0 Å². The molecule has 0 unspecified atom stereocenters. The van der Waals surface area contributed by atoms with Crippen LogP contribution in [-0.4, -0.2) is 18.0 Å². The van der Waals surface area contributed by atoms with E-state index in [4.69, 9.17) is 27.9 Å². The minimum atomic E-state index is -0.297. The van der Waals surface area contributed by atoms with Crippen LogP contribution in [0.3, 0.4) is 0 Å². The molecule has 0 aliphatic carbocycles. The van der Waals surface area contributed by atoms with Gasteiger partial charge < -0.3 is 10.1 Å². The highest BCUT2D eigenvalue weighted by atomic mass is 35.5. The maximum absolute atomic E-state index is 12.1. The van der Waals surface area contributed by atoms with Crippen LogP contribution in [0.25, 0.3) is 0 Å². The molecule has 1 N–H and O–H groups in total. The summed E-state index contributed by atoms with van der Waals surface area (Å²) < 4.78 is 5.20. The molecular formula is C14H12Cl2N2O2. The average molecular weight is 311 g/mol. The number of amides is 1. The second-order valence-electron chi connectivity index (χ2n) is 4.12. The van der Waals surface area contributed by atoms with Gasteiger partial charge in [0.25, 0.3) is 5.91 Å². The molecule has 0 saturated heterocycles. The van der Waals surface area contributed by atoms with Crippen molar-refractivity contribution in [3.05, 3.63) is 51.8 Å². The van der Waals surface area contributed by atoms with Gasteiger partial charge in [-0.25, -0.2) is 4.98 Å². The Kier molecular flexibility index (Phi) is 4.47. The molecule has 1 aromatic carbocycles. The molecule has 0 radical (unpaired) electrons. The zero-order valence-electron chi connectivity index (χ0n) is 10.9. The van der Waals surface area contributed by atoms with E-state index in [1.54, 1.807) is 18.2 Å². The quantitative estimate of drug-likeness (QED) is 0.873. The van der Waals surface area contributed by atoms with E-state index in [2.05, 4.69) is 10.3 Å². The van der Waals surface area contributed by atoms with E-state index in [-0.39, 0.29) is 11.1 Å². The number of pyridine rings is 1. The molecule has 0 spiro atoms. The van der Waals surface area contributed by atoms with Crippen LogP contribution in [-0.2, 0) is 0 Å². The van der Waals surface area contributed by atoms with E-state index in [9.17, 15) is 4.79 Å². The van der Waals surface area contributed by atoms with Gasteiger partial charge in [-0.05, 0) is 30.7 Å². The number of carbonyl (C=O) groups excluding carboxylic acids is 1. The lowest BCUT2D eigenvalue weighted by atomic mass is 10.2. The van der Waals surface area contributed by atoms with Crippen molar-refractivity contribution >= 4 is 34.8 Å². The summed E-state index contributed by atoms with van der Waals surface area (Å²) in [7, 11) is 1.51. The molecule has 0 bridgehead atoms. The summed E-state index contributed by atoms with van der Waals surface area (Å²) in [6.45, 7) is 1.85. The SMILES string of the molecule is COc1cc(Cl)c(C)cc1NC(=O)c1ccnc(Cl)c1. The minimum absolute atomic E-state index is 0.261. The van der Waals surface area contributed by atoms with E-state index in [0.717, 1.165) is 5.56 Å². The van der Waals surface area contributed by atoms with Crippen molar-refractivity contribution in [3.63, 3.8) is 0 Å². The van der Waals surface area contributed by atoms with Crippen molar-refractivity contribution in [2.24, 2.45) is 0 Å². The smallest absolute Gasteiger partial charge is 0.255 e. The number of methoxy groups -OCH3 is 1. The summed E-state index contributed by atoms with van der Waals surface area (Å²) in [5.41, 5.74) is 1.81. The van der Waals surface area contributed by atoms with Gasteiger partial charge in [0, 0.05) is 22.8 Å². The summed E-state index contributed by atoms with van der Waals surface area (Å²) in [4.78, 5) is 16.0. The first-order valence-corrected chi connectivity index (χ1v) is 6.54. The average Bonchev–Trinajstić information content (AvgIpc) is 2.42. The zero-order valence-corrected chi connectivity index (χ0v) is 12.4. The van der Waals surface area contributed by atoms with Crippen LogP contribution in [0.15, 0.2) is 30.5 Å². The Bertz CT molecular complexity index is 660. The van der Waals surface area contributed by atoms with Crippen LogP contribution < -0.4 is 10.1 Å². The molecule has 4 nitrogen and oxygen atoms in total. The van der Waals surface area contributed by atoms with E-state index in [0.29, 0.717) is 22.0 Å². The second kappa shape index (κ2) is 6.11. The first-order chi connectivity index (χ1) is 9.51. The Morgan fingerprint density at radius 2 is 2.05 bits per heavy atom. The third-order valence-electron chi connectivity index (χ3n) is 2.72. The predicted molar refractivity (Wildman–Crippen MR) is 79.9 cm³/mol. The standard InChI is InChI=1S/C14H12Cl2N2O2/c1-8-5-11(12(20-2)7-10(8)15)18-14(19)9-3-4-17-13(16)6-9/h3-7H,1-2H3,(H,18,19). The van der Waals surface area contributed by atoms with Gasteiger partial charge in [0.2, 0.25) is 0 Å². The minimum Gasteiger partial charge on any atom is -0.495 e. The molecule has 1 amide bonds. The fraction of sp³-hybridized carbons (Fsp3) is 0.143. The highest BCUT2D eigenvalue weighted by Crippen LogP contribution is 2.31. The Morgan fingerprint density at radius 3 is 2.70 bits per heavy atom. The number of nitrogens with zero attached hydrogens (tertiary/aromatic N) is 1. The van der Waals surface area contributed by atoms with Crippen molar-refractivity contribution in [3.8, 4) is 5.75 Å². The summed E-state index contributed by atoms with van der Waals surface area (Å²) in [6, 6.07) is 6.48. The molecule has 0 atom stereocenters. The number of aromatic nitrogens is 1. The van der Waals surface area contributed by atoms with Crippen LogP contribution in [0.1, 0.15) is 15.9 Å². The van der Waals surface area contributed by atoms with Crippen molar-refractivity contribution in [1.82, 2.24) is 4.98 Å². The Balaban J connectivity index is 2.30.